The minimum atomic E-state index is -2.91. The van der Waals surface area contributed by atoms with Crippen molar-refractivity contribution in [1.29, 1.82) is 5.26 Å². The minimum Gasteiger partial charge on any atom is -0.435 e. The van der Waals surface area contributed by atoms with Crippen LogP contribution in [0.4, 0.5) is 17.6 Å². The standard InChI is InChI=1S/C24H20F4N4O2/c25-22(26)33-17-8-4-14(5-9-17)12-16-2-1-3-19-20(31-24(30-13-29)32-21(16)19)15-6-10-18(11-7-15)34-23(27)28/h4-12,20,22-23H,1-3H2,(H2,30,31,32)/b16-12+/t20-/m0/s1. The lowest BCUT2D eigenvalue weighted by Crippen LogP contribution is -2.39. The van der Waals surface area contributed by atoms with Crippen molar-refractivity contribution in [2.45, 2.75) is 38.5 Å². The SMILES string of the molecule is N#CNC1=N[C@@H](c2ccc(OC(F)F)cc2)C2=C(N1)/C(=C/c1ccc(OC(F)F)cc1)CCC2. The number of benzene rings is 2. The van der Waals surface area contributed by atoms with Gasteiger partial charge in [-0.2, -0.15) is 22.8 Å². The molecule has 2 aromatic rings. The molecule has 0 fully saturated rings. The summed E-state index contributed by atoms with van der Waals surface area (Å²) in [5.74, 6) is 0.390. The summed E-state index contributed by atoms with van der Waals surface area (Å²) in [6, 6.07) is 12.2. The molecular formula is C24H20F4N4O2. The van der Waals surface area contributed by atoms with Crippen LogP contribution in [0.3, 0.4) is 0 Å². The molecule has 0 unspecified atom stereocenters. The van der Waals surface area contributed by atoms with Crippen molar-refractivity contribution < 1.29 is 27.0 Å². The van der Waals surface area contributed by atoms with E-state index >= 15 is 0 Å². The van der Waals surface area contributed by atoms with Crippen molar-refractivity contribution in [3.63, 3.8) is 0 Å². The van der Waals surface area contributed by atoms with E-state index in [1.54, 1.807) is 24.3 Å². The fourth-order valence-corrected chi connectivity index (χ4v) is 4.03. The molecular weight excluding hydrogens is 452 g/mol. The van der Waals surface area contributed by atoms with E-state index in [9.17, 15) is 17.6 Å². The second-order valence-corrected chi connectivity index (χ2v) is 7.56. The molecule has 0 saturated heterocycles. The van der Waals surface area contributed by atoms with Crippen LogP contribution in [0.15, 0.2) is 70.4 Å². The van der Waals surface area contributed by atoms with Crippen molar-refractivity contribution in [2.24, 2.45) is 4.99 Å². The minimum absolute atomic E-state index is 0.0461. The highest BCUT2D eigenvalue weighted by Crippen LogP contribution is 2.41. The molecule has 0 radical (unpaired) electrons. The summed E-state index contributed by atoms with van der Waals surface area (Å²) in [6.45, 7) is -5.80. The van der Waals surface area contributed by atoms with Gasteiger partial charge in [0.2, 0.25) is 5.96 Å². The molecule has 1 heterocycles. The molecule has 6 nitrogen and oxygen atoms in total. The van der Waals surface area contributed by atoms with Gasteiger partial charge >= 0.3 is 13.2 Å². The predicted octanol–water partition coefficient (Wildman–Crippen LogP) is 5.48. The third-order valence-electron chi connectivity index (χ3n) is 5.41. The molecule has 2 aliphatic rings. The smallest absolute Gasteiger partial charge is 0.387 e. The van der Waals surface area contributed by atoms with E-state index in [-0.39, 0.29) is 17.5 Å². The van der Waals surface area contributed by atoms with Gasteiger partial charge in [-0.1, -0.05) is 24.3 Å². The van der Waals surface area contributed by atoms with Gasteiger partial charge in [-0.25, -0.2) is 4.99 Å². The summed E-state index contributed by atoms with van der Waals surface area (Å²) in [7, 11) is 0. The van der Waals surface area contributed by atoms with Crippen molar-refractivity contribution in [3.8, 4) is 17.7 Å². The van der Waals surface area contributed by atoms with Crippen molar-refractivity contribution >= 4 is 12.0 Å². The Bertz CT molecular complexity index is 1150. The first kappa shape index (κ1) is 23.2. The predicted molar refractivity (Wildman–Crippen MR) is 117 cm³/mol. The van der Waals surface area contributed by atoms with Crippen LogP contribution in [-0.4, -0.2) is 19.2 Å². The van der Waals surface area contributed by atoms with Crippen LogP contribution in [0, 0.1) is 11.5 Å². The zero-order valence-electron chi connectivity index (χ0n) is 17.8. The maximum Gasteiger partial charge on any atom is 0.387 e. The van der Waals surface area contributed by atoms with E-state index in [0.717, 1.165) is 47.2 Å². The van der Waals surface area contributed by atoms with Gasteiger partial charge in [0.15, 0.2) is 6.19 Å². The number of guanidine groups is 1. The highest BCUT2D eigenvalue weighted by molar-refractivity contribution is 5.86. The third-order valence-corrected chi connectivity index (χ3v) is 5.41. The number of rotatable bonds is 6. The summed E-state index contributed by atoms with van der Waals surface area (Å²) < 4.78 is 58.6. The Morgan fingerprint density at radius 2 is 1.59 bits per heavy atom. The van der Waals surface area contributed by atoms with Gasteiger partial charge in [-0.05, 0) is 71.9 Å². The van der Waals surface area contributed by atoms with Gasteiger partial charge in [-0.15, -0.1) is 0 Å². The number of nitriles is 1. The molecule has 4 rings (SSSR count). The fourth-order valence-electron chi connectivity index (χ4n) is 4.03. The van der Waals surface area contributed by atoms with Gasteiger partial charge in [0, 0.05) is 5.70 Å². The molecule has 2 N–H and O–H groups in total. The molecule has 34 heavy (non-hydrogen) atoms. The van der Waals surface area contributed by atoms with Crippen LogP contribution in [0.2, 0.25) is 0 Å². The van der Waals surface area contributed by atoms with E-state index in [1.165, 1.54) is 24.3 Å². The first-order valence-electron chi connectivity index (χ1n) is 10.5. The van der Waals surface area contributed by atoms with E-state index in [4.69, 9.17) is 5.26 Å². The maximum absolute atomic E-state index is 12.5. The molecule has 1 atom stereocenters. The second kappa shape index (κ2) is 10.3. The molecule has 0 spiro atoms. The Hall–Kier alpha value is -4.00. The number of nitrogens with one attached hydrogen (secondary N) is 2. The van der Waals surface area contributed by atoms with Crippen LogP contribution in [-0.2, 0) is 0 Å². The Labute approximate surface area is 193 Å². The third kappa shape index (κ3) is 5.49. The lowest BCUT2D eigenvalue weighted by molar-refractivity contribution is -0.0505. The van der Waals surface area contributed by atoms with Crippen LogP contribution in [0.25, 0.3) is 6.08 Å². The summed E-state index contributed by atoms with van der Waals surface area (Å²) in [5, 5.41) is 14.8. The Kier molecular flexibility index (Phi) is 7.01. The van der Waals surface area contributed by atoms with E-state index < -0.39 is 19.3 Å². The Morgan fingerprint density at radius 1 is 0.971 bits per heavy atom. The Balaban J connectivity index is 1.66. The highest BCUT2D eigenvalue weighted by atomic mass is 19.3. The van der Waals surface area contributed by atoms with Crippen LogP contribution in [0.5, 0.6) is 11.5 Å². The molecule has 0 aromatic heterocycles. The molecule has 176 valence electrons. The van der Waals surface area contributed by atoms with Crippen LogP contribution >= 0.6 is 0 Å². The zero-order chi connectivity index (χ0) is 24.1. The van der Waals surface area contributed by atoms with Crippen molar-refractivity contribution in [3.05, 3.63) is 76.5 Å². The molecule has 10 heteroatoms. The van der Waals surface area contributed by atoms with Crippen LogP contribution in [0.1, 0.15) is 36.4 Å². The van der Waals surface area contributed by atoms with Gasteiger partial charge in [0.1, 0.15) is 17.5 Å². The average Bonchev–Trinajstić information content (AvgIpc) is 2.80. The lowest BCUT2D eigenvalue weighted by atomic mass is 9.84. The molecule has 2 aromatic carbocycles. The molecule has 0 saturated carbocycles. The molecule has 0 bridgehead atoms. The molecule has 1 aliphatic heterocycles. The quantitative estimate of drug-likeness (QED) is 0.331. The number of nitrogens with zero attached hydrogens (tertiary/aromatic N) is 2. The van der Waals surface area contributed by atoms with E-state index in [2.05, 4.69) is 25.1 Å². The normalized spacial score (nSPS) is 18.8. The van der Waals surface area contributed by atoms with E-state index in [1.807, 2.05) is 12.3 Å². The van der Waals surface area contributed by atoms with Gasteiger partial charge < -0.3 is 14.8 Å². The lowest BCUT2D eigenvalue weighted by Gasteiger charge is -2.32. The van der Waals surface area contributed by atoms with Gasteiger partial charge in [-0.3, -0.25) is 5.32 Å². The number of alkyl halides is 4. The van der Waals surface area contributed by atoms with E-state index in [0.29, 0.717) is 0 Å². The summed E-state index contributed by atoms with van der Waals surface area (Å²) in [4.78, 5) is 4.61. The largest absolute Gasteiger partial charge is 0.435 e. The summed E-state index contributed by atoms with van der Waals surface area (Å²) in [5.41, 5.74) is 4.36. The molecule has 1 aliphatic carbocycles. The number of halogens is 4. The van der Waals surface area contributed by atoms with Crippen molar-refractivity contribution in [1.82, 2.24) is 10.6 Å². The first-order chi connectivity index (χ1) is 16.4. The molecule has 0 amide bonds. The zero-order valence-corrected chi connectivity index (χ0v) is 17.8. The topological polar surface area (TPSA) is 78.7 Å². The number of hydrogen-bond acceptors (Lipinski definition) is 6. The first-order valence-corrected chi connectivity index (χ1v) is 10.5. The fraction of sp³-hybridized carbons (Fsp3) is 0.250. The number of aliphatic imine (C=N–C) groups is 1. The van der Waals surface area contributed by atoms with Crippen molar-refractivity contribution in [2.75, 3.05) is 0 Å². The van der Waals surface area contributed by atoms with Crippen LogP contribution < -0.4 is 20.1 Å². The maximum atomic E-state index is 12.5. The van der Waals surface area contributed by atoms with Gasteiger partial charge in [0.05, 0.1) is 0 Å². The highest BCUT2D eigenvalue weighted by Gasteiger charge is 2.30. The number of allylic oxidation sites excluding steroid dienone is 1. The number of ether oxygens (including phenoxy) is 2. The summed E-state index contributed by atoms with van der Waals surface area (Å²) >= 11 is 0. The Morgan fingerprint density at radius 3 is 2.18 bits per heavy atom. The second-order valence-electron chi connectivity index (χ2n) is 7.56. The monoisotopic (exact) mass is 472 g/mol. The average molecular weight is 472 g/mol. The van der Waals surface area contributed by atoms with Gasteiger partial charge in [0.25, 0.3) is 0 Å². The summed E-state index contributed by atoms with van der Waals surface area (Å²) in [6.07, 6.45) is 6.17. The number of hydrogen-bond donors (Lipinski definition) is 2.